The minimum atomic E-state index is -3.88. The largest absolute Gasteiger partial charge is 0.351 e. The summed E-state index contributed by atoms with van der Waals surface area (Å²) in [5.41, 5.74) is 0.483. The van der Waals surface area contributed by atoms with E-state index in [4.69, 9.17) is 10.7 Å². The van der Waals surface area contributed by atoms with Gasteiger partial charge in [0.1, 0.15) is 4.21 Å². The quantitative estimate of drug-likeness (QED) is 0.804. The molecule has 10 heteroatoms. The van der Waals surface area contributed by atoms with Crippen molar-refractivity contribution >= 4 is 46.8 Å². The summed E-state index contributed by atoms with van der Waals surface area (Å²) < 4.78 is 45.9. The smallest absolute Gasteiger partial charge is 0.271 e. The van der Waals surface area contributed by atoms with Gasteiger partial charge in [-0.15, -0.1) is 11.3 Å². The zero-order valence-electron chi connectivity index (χ0n) is 11.1. The standard InChI is InChI=1S/C11H14ClNO5S3/c1-7-9(6-19-11(7)21(12,17)18)10(14)13-5-8-3-2-4-20(8,15)16/h6,8H,2-5H2,1H3,(H,13,14). The van der Waals surface area contributed by atoms with Gasteiger partial charge in [-0.25, -0.2) is 16.8 Å². The molecule has 1 N–H and O–H groups in total. The molecule has 0 saturated carbocycles. The summed E-state index contributed by atoms with van der Waals surface area (Å²) in [4.78, 5) is 12.0. The Labute approximate surface area is 131 Å². The third kappa shape index (κ3) is 3.58. The van der Waals surface area contributed by atoms with Gasteiger partial charge < -0.3 is 5.32 Å². The van der Waals surface area contributed by atoms with Crippen molar-refractivity contribution in [3.8, 4) is 0 Å². The van der Waals surface area contributed by atoms with E-state index in [1.807, 2.05) is 0 Å². The van der Waals surface area contributed by atoms with Crippen LogP contribution in [0.4, 0.5) is 0 Å². The molecular weight excluding hydrogens is 358 g/mol. The summed E-state index contributed by atoms with van der Waals surface area (Å²) >= 11 is 0.870. The zero-order valence-corrected chi connectivity index (χ0v) is 14.3. The zero-order chi connectivity index (χ0) is 15.8. The Balaban J connectivity index is 2.10. The van der Waals surface area contributed by atoms with Crippen LogP contribution in [0, 0.1) is 6.92 Å². The lowest BCUT2D eigenvalue weighted by molar-refractivity contribution is 0.0953. The number of halogens is 1. The number of thiophene rings is 1. The molecule has 1 unspecified atom stereocenters. The average Bonchev–Trinajstić information content (AvgIpc) is 2.88. The van der Waals surface area contributed by atoms with Gasteiger partial charge in [0.05, 0.1) is 16.6 Å². The Morgan fingerprint density at radius 1 is 1.52 bits per heavy atom. The topological polar surface area (TPSA) is 97.4 Å². The van der Waals surface area contributed by atoms with Crippen LogP contribution in [0.2, 0.25) is 0 Å². The molecule has 1 atom stereocenters. The molecule has 1 aromatic rings. The highest BCUT2D eigenvalue weighted by Crippen LogP contribution is 2.29. The summed E-state index contributed by atoms with van der Waals surface area (Å²) in [5, 5.41) is 3.40. The van der Waals surface area contributed by atoms with Crippen LogP contribution in [-0.4, -0.2) is 40.3 Å². The lowest BCUT2D eigenvalue weighted by atomic mass is 10.2. The number of sulfone groups is 1. The third-order valence-corrected chi connectivity index (χ3v) is 9.00. The molecule has 1 saturated heterocycles. The maximum absolute atomic E-state index is 12.0. The van der Waals surface area contributed by atoms with Crippen molar-refractivity contribution in [2.45, 2.75) is 29.2 Å². The number of carbonyl (C=O) groups is 1. The number of carbonyl (C=O) groups excluding carboxylic acids is 1. The Hall–Kier alpha value is -0.640. The molecular formula is C11H14ClNO5S3. The number of hydrogen-bond donors (Lipinski definition) is 1. The molecule has 118 valence electrons. The lowest BCUT2D eigenvalue weighted by Crippen LogP contribution is -2.34. The van der Waals surface area contributed by atoms with Crippen LogP contribution in [0.15, 0.2) is 9.59 Å². The van der Waals surface area contributed by atoms with E-state index in [1.165, 1.54) is 12.3 Å². The van der Waals surface area contributed by atoms with Gasteiger partial charge in [0, 0.05) is 22.6 Å². The number of rotatable bonds is 4. The van der Waals surface area contributed by atoms with E-state index in [2.05, 4.69) is 5.32 Å². The molecule has 0 aliphatic carbocycles. The highest BCUT2D eigenvalue weighted by Gasteiger charge is 2.31. The second-order valence-corrected chi connectivity index (χ2v) is 10.9. The summed E-state index contributed by atoms with van der Waals surface area (Å²) in [6.07, 6.45) is 1.14. The molecule has 0 bridgehead atoms. The summed E-state index contributed by atoms with van der Waals surface area (Å²) in [7, 11) is -1.73. The molecule has 1 fully saturated rings. The van der Waals surface area contributed by atoms with E-state index >= 15 is 0 Å². The van der Waals surface area contributed by atoms with Crippen molar-refractivity contribution in [1.82, 2.24) is 5.32 Å². The van der Waals surface area contributed by atoms with Crippen LogP contribution in [0.3, 0.4) is 0 Å². The fraction of sp³-hybridized carbons (Fsp3) is 0.545. The van der Waals surface area contributed by atoms with Crippen LogP contribution < -0.4 is 5.32 Å². The van der Waals surface area contributed by atoms with Crippen LogP contribution >= 0.6 is 22.0 Å². The van der Waals surface area contributed by atoms with Crippen molar-refractivity contribution in [3.63, 3.8) is 0 Å². The molecule has 0 aromatic carbocycles. The molecule has 21 heavy (non-hydrogen) atoms. The van der Waals surface area contributed by atoms with Crippen molar-refractivity contribution in [1.29, 1.82) is 0 Å². The highest BCUT2D eigenvalue weighted by molar-refractivity contribution is 8.15. The Bertz CT molecular complexity index is 766. The minimum Gasteiger partial charge on any atom is -0.351 e. The van der Waals surface area contributed by atoms with Gasteiger partial charge in [-0.2, -0.15) is 0 Å². The molecule has 6 nitrogen and oxygen atoms in total. The molecule has 1 amide bonds. The summed E-state index contributed by atoms with van der Waals surface area (Å²) in [6.45, 7) is 1.53. The second-order valence-electron chi connectivity index (χ2n) is 4.84. The van der Waals surface area contributed by atoms with Gasteiger partial charge in [-0.1, -0.05) is 0 Å². The number of amides is 1. The maximum Gasteiger partial charge on any atom is 0.271 e. The van der Waals surface area contributed by atoms with E-state index in [0.717, 1.165) is 11.3 Å². The first-order chi connectivity index (χ1) is 9.63. The van der Waals surface area contributed by atoms with Crippen LogP contribution in [-0.2, 0) is 18.9 Å². The maximum atomic E-state index is 12.0. The van der Waals surface area contributed by atoms with E-state index in [-0.39, 0.29) is 27.6 Å². The lowest BCUT2D eigenvalue weighted by Gasteiger charge is -2.10. The van der Waals surface area contributed by atoms with Gasteiger partial charge in [-0.05, 0) is 25.3 Å². The number of nitrogens with one attached hydrogen (secondary N) is 1. The molecule has 1 aliphatic rings. The summed E-state index contributed by atoms with van der Waals surface area (Å²) in [5.74, 6) is -0.336. The van der Waals surface area contributed by atoms with Gasteiger partial charge in [0.2, 0.25) is 0 Å². The van der Waals surface area contributed by atoms with Gasteiger partial charge >= 0.3 is 0 Å². The first kappa shape index (κ1) is 16.7. The van der Waals surface area contributed by atoms with Crippen LogP contribution in [0.5, 0.6) is 0 Å². The highest BCUT2D eigenvalue weighted by atomic mass is 35.7. The molecule has 2 rings (SSSR count). The Morgan fingerprint density at radius 3 is 2.67 bits per heavy atom. The van der Waals surface area contributed by atoms with Gasteiger partial charge in [-0.3, -0.25) is 4.79 Å². The minimum absolute atomic E-state index is 0.0411. The van der Waals surface area contributed by atoms with Crippen molar-refractivity contribution in [3.05, 3.63) is 16.5 Å². The van der Waals surface area contributed by atoms with Gasteiger partial charge in [0.15, 0.2) is 9.84 Å². The third-order valence-electron chi connectivity index (χ3n) is 3.41. The van der Waals surface area contributed by atoms with Crippen molar-refractivity contribution in [2.75, 3.05) is 12.3 Å². The van der Waals surface area contributed by atoms with Crippen molar-refractivity contribution in [2.24, 2.45) is 0 Å². The summed E-state index contributed by atoms with van der Waals surface area (Å²) in [6, 6.07) is 0. The second kappa shape index (κ2) is 5.86. The molecule has 0 spiro atoms. The number of hydrogen-bond acceptors (Lipinski definition) is 6. The monoisotopic (exact) mass is 371 g/mol. The fourth-order valence-corrected chi connectivity index (χ4v) is 6.57. The van der Waals surface area contributed by atoms with Crippen molar-refractivity contribution < 1.29 is 21.6 Å². The van der Waals surface area contributed by atoms with E-state index < -0.39 is 30.0 Å². The van der Waals surface area contributed by atoms with Crippen LogP contribution in [0.1, 0.15) is 28.8 Å². The van der Waals surface area contributed by atoms with E-state index in [1.54, 1.807) is 0 Å². The predicted octanol–water partition coefficient (Wildman–Crippen LogP) is 1.29. The SMILES string of the molecule is Cc1c(C(=O)NCC2CCCS2(=O)=O)csc1S(=O)(=O)Cl. The van der Waals surface area contributed by atoms with Crippen LogP contribution in [0.25, 0.3) is 0 Å². The van der Waals surface area contributed by atoms with Gasteiger partial charge in [0.25, 0.3) is 15.0 Å². The predicted molar refractivity (Wildman–Crippen MR) is 81.2 cm³/mol. The Morgan fingerprint density at radius 2 is 2.19 bits per heavy atom. The molecule has 1 aliphatic heterocycles. The molecule has 2 heterocycles. The van der Waals surface area contributed by atoms with E-state index in [0.29, 0.717) is 12.8 Å². The fourth-order valence-electron chi connectivity index (χ4n) is 2.25. The normalized spacial score (nSPS) is 21.3. The molecule has 1 aromatic heterocycles. The molecule has 0 radical (unpaired) electrons. The van der Waals surface area contributed by atoms with E-state index in [9.17, 15) is 21.6 Å². The first-order valence-corrected chi connectivity index (χ1v) is 11.1. The average molecular weight is 372 g/mol. The first-order valence-electron chi connectivity index (χ1n) is 6.15. The Kier molecular flexibility index (Phi) is 4.67.